The minimum absolute atomic E-state index is 0.235. The Labute approximate surface area is 71.5 Å². The van der Waals surface area contributed by atoms with Crippen LogP contribution in [0.15, 0.2) is 24.3 Å². The Kier molecular flexibility index (Phi) is 3.41. The van der Waals surface area contributed by atoms with Crippen LogP contribution in [0.4, 0.5) is 0 Å². The quantitative estimate of drug-likeness (QED) is 0.550. The van der Waals surface area contributed by atoms with Gasteiger partial charge >= 0.3 is 0 Å². The highest BCUT2D eigenvalue weighted by Gasteiger charge is 1.92. The van der Waals surface area contributed by atoms with E-state index in [4.69, 9.17) is 14.6 Å². The SMILES string of the molecule is CCOCOc1ccc(O)cc1. The van der Waals surface area contributed by atoms with Crippen LogP contribution < -0.4 is 4.74 Å². The van der Waals surface area contributed by atoms with Crippen LogP contribution in [-0.2, 0) is 4.74 Å². The lowest BCUT2D eigenvalue weighted by molar-refractivity contribution is 0.0224. The lowest BCUT2D eigenvalue weighted by Gasteiger charge is -2.04. The van der Waals surface area contributed by atoms with Crippen molar-refractivity contribution in [3.8, 4) is 11.5 Å². The Hall–Kier alpha value is -1.22. The average Bonchev–Trinajstić information content (AvgIpc) is 2.09. The number of phenolic OH excluding ortho intramolecular Hbond substituents is 1. The molecule has 0 aromatic heterocycles. The molecule has 0 heterocycles. The van der Waals surface area contributed by atoms with E-state index in [0.717, 1.165) is 0 Å². The summed E-state index contributed by atoms with van der Waals surface area (Å²) >= 11 is 0. The zero-order valence-corrected chi connectivity index (χ0v) is 6.99. The molecule has 0 aliphatic carbocycles. The van der Waals surface area contributed by atoms with E-state index in [9.17, 15) is 0 Å². The second-order valence-electron chi connectivity index (χ2n) is 2.25. The molecule has 0 saturated heterocycles. The van der Waals surface area contributed by atoms with Crippen molar-refractivity contribution in [2.75, 3.05) is 13.4 Å². The molecule has 0 saturated carbocycles. The van der Waals surface area contributed by atoms with Crippen molar-refractivity contribution in [3.05, 3.63) is 24.3 Å². The van der Waals surface area contributed by atoms with Crippen molar-refractivity contribution in [3.63, 3.8) is 0 Å². The van der Waals surface area contributed by atoms with Gasteiger partial charge in [0.2, 0.25) is 0 Å². The maximum atomic E-state index is 8.94. The molecule has 0 unspecified atom stereocenters. The maximum Gasteiger partial charge on any atom is 0.189 e. The molecule has 0 atom stereocenters. The fraction of sp³-hybridized carbons (Fsp3) is 0.333. The second-order valence-corrected chi connectivity index (χ2v) is 2.25. The minimum Gasteiger partial charge on any atom is -0.508 e. The first-order valence-electron chi connectivity index (χ1n) is 3.82. The predicted octanol–water partition coefficient (Wildman–Crippen LogP) is 1.77. The monoisotopic (exact) mass is 168 g/mol. The van der Waals surface area contributed by atoms with Crippen LogP contribution in [0.1, 0.15) is 6.92 Å². The molecule has 0 fully saturated rings. The third-order valence-electron chi connectivity index (χ3n) is 1.35. The molecule has 0 bridgehead atoms. The zero-order chi connectivity index (χ0) is 8.81. The third-order valence-corrected chi connectivity index (χ3v) is 1.35. The van der Waals surface area contributed by atoms with Gasteiger partial charge in [-0.2, -0.15) is 0 Å². The van der Waals surface area contributed by atoms with E-state index in [1.54, 1.807) is 24.3 Å². The number of aromatic hydroxyl groups is 1. The number of hydrogen-bond donors (Lipinski definition) is 1. The van der Waals surface area contributed by atoms with Gasteiger partial charge in [0.15, 0.2) is 6.79 Å². The van der Waals surface area contributed by atoms with Crippen molar-refractivity contribution >= 4 is 0 Å². The Morgan fingerprint density at radius 1 is 1.25 bits per heavy atom. The molecule has 1 rings (SSSR count). The summed E-state index contributed by atoms with van der Waals surface area (Å²) in [5.41, 5.74) is 0. The van der Waals surface area contributed by atoms with Crippen LogP contribution in [0.25, 0.3) is 0 Å². The Bertz CT molecular complexity index is 218. The molecule has 3 heteroatoms. The molecule has 1 aromatic carbocycles. The van der Waals surface area contributed by atoms with Crippen LogP contribution in [0, 0.1) is 0 Å². The first-order valence-corrected chi connectivity index (χ1v) is 3.82. The standard InChI is InChI=1S/C9H12O3/c1-2-11-7-12-9-5-3-8(10)4-6-9/h3-6,10H,2,7H2,1H3. The number of benzene rings is 1. The van der Waals surface area contributed by atoms with E-state index in [-0.39, 0.29) is 12.5 Å². The van der Waals surface area contributed by atoms with Crippen LogP contribution in [0.3, 0.4) is 0 Å². The summed E-state index contributed by atoms with van der Waals surface area (Å²) in [5.74, 6) is 0.931. The van der Waals surface area contributed by atoms with Gasteiger partial charge in [-0.05, 0) is 31.2 Å². The average molecular weight is 168 g/mol. The van der Waals surface area contributed by atoms with E-state index in [1.807, 2.05) is 6.92 Å². The largest absolute Gasteiger partial charge is 0.508 e. The summed E-state index contributed by atoms with van der Waals surface area (Å²) in [5, 5.41) is 8.94. The highest BCUT2D eigenvalue weighted by atomic mass is 16.7. The van der Waals surface area contributed by atoms with Gasteiger partial charge in [0.1, 0.15) is 11.5 Å². The van der Waals surface area contributed by atoms with E-state index in [2.05, 4.69) is 0 Å². The highest BCUT2D eigenvalue weighted by molar-refractivity contribution is 5.29. The van der Waals surface area contributed by atoms with Gasteiger partial charge in [-0.1, -0.05) is 0 Å². The molecule has 1 N–H and O–H groups in total. The van der Waals surface area contributed by atoms with Gasteiger partial charge in [0, 0.05) is 6.61 Å². The Morgan fingerprint density at radius 3 is 2.50 bits per heavy atom. The minimum atomic E-state index is 0.235. The van der Waals surface area contributed by atoms with Crippen molar-refractivity contribution in [2.24, 2.45) is 0 Å². The van der Waals surface area contributed by atoms with Crippen LogP contribution in [0.5, 0.6) is 11.5 Å². The normalized spacial score (nSPS) is 9.75. The summed E-state index contributed by atoms with van der Waals surface area (Å²) in [7, 11) is 0. The molecule has 0 aliphatic rings. The first kappa shape index (κ1) is 8.87. The van der Waals surface area contributed by atoms with E-state index >= 15 is 0 Å². The fourth-order valence-electron chi connectivity index (χ4n) is 0.735. The van der Waals surface area contributed by atoms with Crippen LogP contribution in [-0.4, -0.2) is 18.5 Å². The number of rotatable bonds is 4. The molecule has 12 heavy (non-hydrogen) atoms. The zero-order valence-electron chi connectivity index (χ0n) is 6.99. The fourth-order valence-corrected chi connectivity index (χ4v) is 0.735. The van der Waals surface area contributed by atoms with Gasteiger partial charge in [0.05, 0.1) is 0 Å². The van der Waals surface area contributed by atoms with Crippen molar-refractivity contribution in [2.45, 2.75) is 6.92 Å². The van der Waals surface area contributed by atoms with E-state index < -0.39 is 0 Å². The molecule has 0 amide bonds. The predicted molar refractivity (Wildman–Crippen MR) is 45.2 cm³/mol. The van der Waals surface area contributed by atoms with Crippen molar-refractivity contribution < 1.29 is 14.6 Å². The topological polar surface area (TPSA) is 38.7 Å². The van der Waals surface area contributed by atoms with Gasteiger partial charge in [-0.15, -0.1) is 0 Å². The molecule has 3 nitrogen and oxygen atoms in total. The van der Waals surface area contributed by atoms with E-state index in [1.165, 1.54) is 0 Å². The summed E-state index contributed by atoms with van der Waals surface area (Å²) in [4.78, 5) is 0. The van der Waals surface area contributed by atoms with Gasteiger partial charge in [-0.25, -0.2) is 0 Å². The van der Waals surface area contributed by atoms with Gasteiger partial charge < -0.3 is 14.6 Å². The van der Waals surface area contributed by atoms with E-state index in [0.29, 0.717) is 12.4 Å². The van der Waals surface area contributed by atoms with Crippen molar-refractivity contribution in [1.82, 2.24) is 0 Å². The molecule has 0 aliphatic heterocycles. The summed E-state index contributed by atoms with van der Waals surface area (Å²) < 4.78 is 10.2. The van der Waals surface area contributed by atoms with Crippen molar-refractivity contribution in [1.29, 1.82) is 0 Å². The Morgan fingerprint density at radius 2 is 1.92 bits per heavy atom. The third kappa shape index (κ3) is 2.80. The highest BCUT2D eigenvalue weighted by Crippen LogP contribution is 2.15. The lowest BCUT2D eigenvalue weighted by atomic mass is 10.3. The maximum absolute atomic E-state index is 8.94. The van der Waals surface area contributed by atoms with Gasteiger partial charge in [-0.3, -0.25) is 0 Å². The smallest absolute Gasteiger partial charge is 0.189 e. The molecule has 66 valence electrons. The summed E-state index contributed by atoms with van der Waals surface area (Å²) in [6, 6.07) is 6.52. The summed E-state index contributed by atoms with van der Waals surface area (Å²) in [6.45, 7) is 2.79. The second kappa shape index (κ2) is 4.62. The number of phenols is 1. The Balaban J connectivity index is 2.37. The molecule has 0 spiro atoms. The number of ether oxygens (including phenoxy) is 2. The van der Waals surface area contributed by atoms with Gasteiger partial charge in [0.25, 0.3) is 0 Å². The molecular formula is C9H12O3. The first-order chi connectivity index (χ1) is 5.83. The summed E-state index contributed by atoms with van der Waals surface area (Å²) in [6.07, 6.45) is 0. The molecule has 1 aromatic rings. The van der Waals surface area contributed by atoms with Crippen LogP contribution in [0.2, 0.25) is 0 Å². The number of hydrogen-bond acceptors (Lipinski definition) is 3. The van der Waals surface area contributed by atoms with Crippen LogP contribution >= 0.6 is 0 Å². The molecule has 0 radical (unpaired) electrons. The molecular weight excluding hydrogens is 156 g/mol. The lowest BCUT2D eigenvalue weighted by Crippen LogP contribution is -2.01.